The van der Waals surface area contributed by atoms with Crippen molar-refractivity contribution < 1.29 is 5.11 Å². The Balaban J connectivity index is 2.11. The number of rotatable bonds is 4. The SMILES string of the molecule is CN(CC1(O)CCCC1)c1ccccc1CN. The number of hydrogen-bond acceptors (Lipinski definition) is 3. The van der Waals surface area contributed by atoms with Gasteiger partial charge in [0.15, 0.2) is 0 Å². The number of benzene rings is 1. The van der Waals surface area contributed by atoms with Crippen molar-refractivity contribution in [3.8, 4) is 0 Å². The van der Waals surface area contributed by atoms with E-state index in [2.05, 4.69) is 11.0 Å². The van der Waals surface area contributed by atoms with Crippen LogP contribution in [0.4, 0.5) is 5.69 Å². The first-order valence-electron chi connectivity index (χ1n) is 6.36. The molecule has 1 aliphatic carbocycles. The predicted molar refractivity (Wildman–Crippen MR) is 71.0 cm³/mol. The van der Waals surface area contributed by atoms with E-state index in [1.165, 1.54) is 0 Å². The topological polar surface area (TPSA) is 49.5 Å². The molecule has 3 heteroatoms. The van der Waals surface area contributed by atoms with Gasteiger partial charge in [0.2, 0.25) is 0 Å². The average Bonchev–Trinajstić information content (AvgIpc) is 2.75. The van der Waals surface area contributed by atoms with Crippen LogP contribution in [0.15, 0.2) is 24.3 Å². The first-order chi connectivity index (χ1) is 8.14. The largest absolute Gasteiger partial charge is 0.388 e. The summed E-state index contributed by atoms with van der Waals surface area (Å²) in [6.07, 6.45) is 4.12. The van der Waals surface area contributed by atoms with E-state index < -0.39 is 5.60 Å². The van der Waals surface area contributed by atoms with Gasteiger partial charge in [0.05, 0.1) is 5.60 Å². The minimum Gasteiger partial charge on any atom is -0.388 e. The van der Waals surface area contributed by atoms with Crippen LogP contribution in [-0.2, 0) is 6.54 Å². The smallest absolute Gasteiger partial charge is 0.0821 e. The van der Waals surface area contributed by atoms with Crippen LogP contribution in [0.2, 0.25) is 0 Å². The monoisotopic (exact) mass is 234 g/mol. The van der Waals surface area contributed by atoms with Crippen LogP contribution in [0.25, 0.3) is 0 Å². The summed E-state index contributed by atoms with van der Waals surface area (Å²) in [5.41, 5.74) is 7.51. The average molecular weight is 234 g/mol. The van der Waals surface area contributed by atoms with Gasteiger partial charge in [-0.1, -0.05) is 31.0 Å². The molecule has 0 aromatic heterocycles. The maximum atomic E-state index is 10.4. The first-order valence-corrected chi connectivity index (χ1v) is 6.36. The summed E-state index contributed by atoms with van der Waals surface area (Å²) in [7, 11) is 2.03. The lowest BCUT2D eigenvalue weighted by atomic mass is 10.0. The lowest BCUT2D eigenvalue weighted by Crippen LogP contribution is -2.39. The van der Waals surface area contributed by atoms with Crippen LogP contribution in [0.3, 0.4) is 0 Å². The number of anilines is 1. The fourth-order valence-electron chi connectivity index (χ4n) is 2.77. The van der Waals surface area contributed by atoms with Crippen LogP contribution in [0, 0.1) is 0 Å². The fourth-order valence-corrected chi connectivity index (χ4v) is 2.77. The van der Waals surface area contributed by atoms with Crippen molar-refractivity contribution in [3.05, 3.63) is 29.8 Å². The molecular weight excluding hydrogens is 212 g/mol. The summed E-state index contributed by atoms with van der Waals surface area (Å²) in [5, 5.41) is 10.4. The molecule has 17 heavy (non-hydrogen) atoms. The quantitative estimate of drug-likeness (QED) is 0.836. The summed E-state index contributed by atoms with van der Waals surface area (Å²) in [4.78, 5) is 2.13. The van der Waals surface area contributed by atoms with E-state index in [4.69, 9.17) is 5.73 Å². The Bertz CT molecular complexity index is 372. The minimum absolute atomic E-state index is 0.504. The Hall–Kier alpha value is -1.06. The van der Waals surface area contributed by atoms with Crippen molar-refractivity contribution in [1.82, 2.24) is 0 Å². The van der Waals surface area contributed by atoms with Crippen molar-refractivity contribution in [3.63, 3.8) is 0 Å². The van der Waals surface area contributed by atoms with Gasteiger partial charge in [0.1, 0.15) is 0 Å². The highest BCUT2D eigenvalue weighted by Gasteiger charge is 2.32. The molecule has 1 aromatic carbocycles. The third kappa shape index (κ3) is 2.79. The third-order valence-corrected chi connectivity index (χ3v) is 3.69. The number of hydrogen-bond donors (Lipinski definition) is 2. The van der Waals surface area contributed by atoms with Crippen LogP contribution < -0.4 is 10.6 Å². The van der Waals surface area contributed by atoms with Crippen molar-refractivity contribution >= 4 is 5.69 Å². The van der Waals surface area contributed by atoms with E-state index >= 15 is 0 Å². The molecule has 0 unspecified atom stereocenters. The van der Waals surface area contributed by atoms with Crippen molar-refractivity contribution in [2.24, 2.45) is 5.73 Å². The Morgan fingerprint density at radius 1 is 1.29 bits per heavy atom. The van der Waals surface area contributed by atoms with Crippen LogP contribution in [-0.4, -0.2) is 24.3 Å². The molecule has 0 amide bonds. The summed E-state index contributed by atoms with van der Waals surface area (Å²) in [5.74, 6) is 0. The summed E-state index contributed by atoms with van der Waals surface area (Å²) >= 11 is 0. The zero-order valence-electron chi connectivity index (χ0n) is 10.5. The first kappa shape index (κ1) is 12.4. The van der Waals surface area contributed by atoms with Gasteiger partial charge in [-0.2, -0.15) is 0 Å². The van der Waals surface area contributed by atoms with Gasteiger partial charge in [-0.3, -0.25) is 0 Å². The number of likely N-dealkylation sites (N-methyl/N-ethyl adjacent to an activating group) is 1. The van der Waals surface area contributed by atoms with Gasteiger partial charge < -0.3 is 15.7 Å². The highest BCUT2D eigenvalue weighted by atomic mass is 16.3. The van der Waals surface area contributed by atoms with Crippen LogP contribution in [0.5, 0.6) is 0 Å². The molecule has 0 aliphatic heterocycles. The summed E-state index contributed by atoms with van der Waals surface area (Å²) in [6.45, 7) is 1.24. The number of aliphatic hydroxyl groups is 1. The molecule has 94 valence electrons. The molecule has 3 nitrogen and oxygen atoms in total. The Morgan fingerprint density at radius 2 is 1.94 bits per heavy atom. The standard InChI is InChI=1S/C14H22N2O/c1-16(11-14(17)8-4-5-9-14)13-7-3-2-6-12(13)10-15/h2-3,6-7,17H,4-5,8-11,15H2,1H3. The number of nitrogens with zero attached hydrogens (tertiary/aromatic N) is 1. The Labute approximate surface area is 103 Å². The normalized spacial score (nSPS) is 18.3. The highest BCUT2D eigenvalue weighted by Crippen LogP contribution is 2.31. The predicted octanol–water partition coefficient (Wildman–Crippen LogP) is 1.89. The van der Waals surface area contributed by atoms with Gasteiger partial charge in [-0.15, -0.1) is 0 Å². The molecule has 1 aliphatic rings. The molecule has 0 radical (unpaired) electrons. The molecular formula is C14H22N2O. The lowest BCUT2D eigenvalue weighted by molar-refractivity contribution is 0.0559. The van der Waals surface area contributed by atoms with E-state index in [-0.39, 0.29) is 0 Å². The van der Waals surface area contributed by atoms with E-state index in [1.807, 2.05) is 25.2 Å². The van der Waals surface area contributed by atoms with Crippen molar-refractivity contribution in [1.29, 1.82) is 0 Å². The van der Waals surface area contributed by atoms with E-state index in [1.54, 1.807) is 0 Å². The van der Waals surface area contributed by atoms with Gasteiger partial charge in [0, 0.05) is 25.8 Å². The molecule has 0 bridgehead atoms. The molecule has 0 atom stereocenters. The van der Waals surface area contributed by atoms with Crippen LogP contribution in [0.1, 0.15) is 31.2 Å². The number of para-hydroxylation sites is 1. The molecule has 0 heterocycles. The maximum Gasteiger partial charge on any atom is 0.0821 e. The molecule has 3 N–H and O–H groups in total. The molecule has 0 spiro atoms. The summed E-state index contributed by atoms with van der Waals surface area (Å²) < 4.78 is 0. The second-order valence-corrected chi connectivity index (χ2v) is 5.12. The minimum atomic E-state index is -0.504. The van der Waals surface area contributed by atoms with E-state index in [0.717, 1.165) is 36.9 Å². The molecule has 1 fully saturated rings. The van der Waals surface area contributed by atoms with Crippen molar-refractivity contribution in [2.45, 2.75) is 37.8 Å². The number of nitrogens with two attached hydrogens (primary N) is 1. The van der Waals surface area contributed by atoms with E-state index in [9.17, 15) is 5.11 Å². The van der Waals surface area contributed by atoms with Gasteiger partial charge >= 0.3 is 0 Å². The second-order valence-electron chi connectivity index (χ2n) is 5.12. The third-order valence-electron chi connectivity index (χ3n) is 3.69. The Kier molecular flexibility index (Phi) is 3.69. The fraction of sp³-hybridized carbons (Fsp3) is 0.571. The van der Waals surface area contributed by atoms with Crippen LogP contribution >= 0.6 is 0 Å². The highest BCUT2D eigenvalue weighted by molar-refractivity contribution is 5.53. The van der Waals surface area contributed by atoms with Gasteiger partial charge in [0.25, 0.3) is 0 Å². The lowest BCUT2D eigenvalue weighted by Gasteiger charge is -2.31. The Morgan fingerprint density at radius 3 is 2.59 bits per heavy atom. The zero-order valence-corrected chi connectivity index (χ0v) is 10.5. The maximum absolute atomic E-state index is 10.4. The second kappa shape index (κ2) is 5.07. The van der Waals surface area contributed by atoms with Gasteiger partial charge in [-0.05, 0) is 24.5 Å². The molecule has 0 saturated heterocycles. The van der Waals surface area contributed by atoms with E-state index in [0.29, 0.717) is 13.1 Å². The molecule has 2 rings (SSSR count). The van der Waals surface area contributed by atoms with Crippen molar-refractivity contribution in [2.75, 3.05) is 18.5 Å². The summed E-state index contributed by atoms with van der Waals surface area (Å²) in [6, 6.07) is 8.14. The molecule has 1 saturated carbocycles. The molecule has 1 aromatic rings. The van der Waals surface area contributed by atoms with Gasteiger partial charge in [-0.25, -0.2) is 0 Å². The zero-order chi connectivity index (χ0) is 12.3.